The van der Waals surface area contributed by atoms with Gasteiger partial charge in [-0.3, -0.25) is 4.79 Å². The number of carbonyl (C=O) groups is 1. The van der Waals surface area contributed by atoms with Crippen molar-refractivity contribution >= 4 is 41.5 Å². The lowest BCUT2D eigenvalue weighted by molar-refractivity contribution is -0.130. The SMILES string of the molecule is CCNC(=NCc1cccc(OCC(=O)N(C)C)c1)N1CCc2ccccc21.I. The summed E-state index contributed by atoms with van der Waals surface area (Å²) in [5.74, 6) is 1.51. The highest BCUT2D eigenvalue weighted by Gasteiger charge is 2.22. The van der Waals surface area contributed by atoms with Crippen molar-refractivity contribution in [3.8, 4) is 5.75 Å². The van der Waals surface area contributed by atoms with Crippen LogP contribution in [0.25, 0.3) is 0 Å². The fourth-order valence-electron chi connectivity index (χ4n) is 3.13. The molecule has 1 heterocycles. The van der Waals surface area contributed by atoms with E-state index >= 15 is 0 Å². The Morgan fingerprint density at radius 3 is 2.76 bits per heavy atom. The van der Waals surface area contributed by atoms with Crippen molar-refractivity contribution in [1.82, 2.24) is 10.2 Å². The molecule has 6 nitrogen and oxygen atoms in total. The van der Waals surface area contributed by atoms with E-state index in [1.54, 1.807) is 14.1 Å². The van der Waals surface area contributed by atoms with E-state index in [0.29, 0.717) is 12.3 Å². The summed E-state index contributed by atoms with van der Waals surface area (Å²) in [4.78, 5) is 20.3. The molecular formula is C22H29IN4O2. The van der Waals surface area contributed by atoms with Crippen LogP contribution in [0.3, 0.4) is 0 Å². The van der Waals surface area contributed by atoms with E-state index in [-0.39, 0.29) is 36.5 Å². The van der Waals surface area contributed by atoms with Gasteiger partial charge in [0.1, 0.15) is 5.75 Å². The highest BCUT2D eigenvalue weighted by molar-refractivity contribution is 14.0. The third-order valence-electron chi connectivity index (χ3n) is 4.65. The molecule has 1 aliphatic heterocycles. The molecule has 0 aliphatic carbocycles. The summed E-state index contributed by atoms with van der Waals surface area (Å²) in [6, 6.07) is 16.2. The standard InChI is InChI=1S/C22H28N4O2.HI/c1-4-23-22(26-13-12-18-9-5-6-11-20(18)26)24-15-17-8-7-10-19(14-17)28-16-21(27)25(2)3;/h5-11,14H,4,12-13,15-16H2,1-3H3,(H,23,24);1H. The van der Waals surface area contributed by atoms with Gasteiger partial charge in [0.05, 0.1) is 6.54 Å². The van der Waals surface area contributed by atoms with Gasteiger partial charge in [-0.15, -0.1) is 24.0 Å². The number of para-hydroxylation sites is 1. The maximum atomic E-state index is 11.7. The summed E-state index contributed by atoms with van der Waals surface area (Å²) < 4.78 is 5.60. The Hall–Kier alpha value is -2.29. The van der Waals surface area contributed by atoms with Crippen LogP contribution in [-0.2, 0) is 17.8 Å². The van der Waals surface area contributed by atoms with Crippen molar-refractivity contribution in [2.75, 3.05) is 38.7 Å². The number of aliphatic imine (C=N–C) groups is 1. The van der Waals surface area contributed by atoms with E-state index in [9.17, 15) is 4.79 Å². The monoisotopic (exact) mass is 508 g/mol. The number of fused-ring (bicyclic) bond motifs is 1. The van der Waals surface area contributed by atoms with E-state index in [1.165, 1.54) is 16.2 Å². The van der Waals surface area contributed by atoms with E-state index in [0.717, 1.165) is 31.0 Å². The van der Waals surface area contributed by atoms with Crippen LogP contribution in [0.2, 0.25) is 0 Å². The maximum absolute atomic E-state index is 11.7. The van der Waals surface area contributed by atoms with Crippen molar-refractivity contribution < 1.29 is 9.53 Å². The molecule has 2 aromatic carbocycles. The minimum atomic E-state index is -0.0643. The normalized spacial score (nSPS) is 12.8. The second-order valence-corrected chi connectivity index (χ2v) is 6.92. The molecular weight excluding hydrogens is 479 g/mol. The van der Waals surface area contributed by atoms with Gasteiger partial charge >= 0.3 is 0 Å². The van der Waals surface area contributed by atoms with Crippen molar-refractivity contribution in [2.24, 2.45) is 4.99 Å². The summed E-state index contributed by atoms with van der Waals surface area (Å²) in [6.45, 7) is 4.40. The molecule has 7 heteroatoms. The number of guanidine groups is 1. The van der Waals surface area contributed by atoms with Crippen molar-refractivity contribution in [3.63, 3.8) is 0 Å². The van der Waals surface area contributed by atoms with Gasteiger partial charge in [0.2, 0.25) is 0 Å². The van der Waals surface area contributed by atoms with Gasteiger partial charge in [0.15, 0.2) is 12.6 Å². The Morgan fingerprint density at radius 1 is 1.21 bits per heavy atom. The molecule has 0 atom stereocenters. The largest absolute Gasteiger partial charge is 0.484 e. The zero-order valence-corrected chi connectivity index (χ0v) is 19.6. The number of rotatable bonds is 6. The smallest absolute Gasteiger partial charge is 0.259 e. The predicted molar refractivity (Wildman–Crippen MR) is 128 cm³/mol. The summed E-state index contributed by atoms with van der Waals surface area (Å²) in [7, 11) is 3.44. The second-order valence-electron chi connectivity index (χ2n) is 6.92. The molecule has 3 rings (SSSR count). The Balaban J connectivity index is 0.00000300. The molecule has 156 valence electrons. The lowest BCUT2D eigenvalue weighted by atomic mass is 10.2. The van der Waals surface area contributed by atoms with E-state index < -0.39 is 0 Å². The number of amides is 1. The number of hydrogen-bond donors (Lipinski definition) is 1. The fraction of sp³-hybridized carbons (Fsp3) is 0.364. The van der Waals surface area contributed by atoms with Crippen molar-refractivity contribution in [1.29, 1.82) is 0 Å². The molecule has 1 amide bonds. The van der Waals surface area contributed by atoms with Crippen molar-refractivity contribution in [3.05, 3.63) is 59.7 Å². The number of ether oxygens (including phenoxy) is 1. The zero-order chi connectivity index (χ0) is 19.9. The highest BCUT2D eigenvalue weighted by Crippen LogP contribution is 2.27. The average Bonchev–Trinajstić information content (AvgIpc) is 3.13. The third-order valence-corrected chi connectivity index (χ3v) is 4.65. The Kier molecular flexibility index (Phi) is 8.75. The molecule has 0 spiro atoms. The molecule has 0 radical (unpaired) electrons. The second kappa shape index (κ2) is 11.0. The topological polar surface area (TPSA) is 57.2 Å². The maximum Gasteiger partial charge on any atom is 0.259 e. The van der Waals surface area contributed by atoms with Gasteiger partial charge < -0.3 is 19.9 Å². The first kappa shape index (κ1) is 23.0. The van der Waals surface area contributed by atoms with Crippen LogP contribution in [0.1, 0.15) is 18.1 Å². The number of nitrogens with zero attached hydrogens (tertiary/aromatic N) is 3. The van der Waals surface area contributed by atoms with Crippen LogP contribution in [0.15, 0.2) is 53.5 Å². The summed E-state index contributed by atoms with van der Waals surface area (Å²) in [5, 5.41) is 3.40. The zero-order valence-electron chi connectivity index (χ0n) is 17.2. The van der Waals surface area contributed by atoms with Gasteiger partial charge in [-0.05, 0) is 42.7 Å². The molecule has 0 aromatic heterocycles. The molecule has 0 saturated heterocycles. The summed E-state index contributed by atoms with van der Waals surface area (Å²) in [6.07, 6.45) is 1.03. The molecule has 0 saturated carbocycles. The number of likely N-dealkylation sites (N-methyl/N-ethyl adjacent to an activating group) is 1. The lowest BCUT2D eigenvalue weighted by Gasteiger charge is -2.22. The predicted octanol–water partition coefficient (Wildman–Crippen LogP) is 3.30. The lowest BCUT2D eigenvalue weighted by Crippen LogP contribution is -2.40. The molecule has 1 aliphatic rings. The average molecular weight is 508 g/mol. The number of carbonyl (C=O) groups excluding carboxylic acids is 1. The van der Waals surface area contributed by atoms with Crippen molar-refractivity contribution in [2.45, 2.75) is 19.9 Å². The Labute approximate surface area is 190 Å². The van der Waals surface area contributed by atoms with Gasteiger partial charge in [-0.1, -0.05) is 30.3 Å². The quantitative estimate of drug-likeness (QED) is 0.370. The van der Waals surface area contributed by atoms with Gasteiger partial charge in [0.25, 0.3) is 5.91 Å². The first-order chi connectivity index (χ1) is 13.6. The molecule has 1 N–H and O–H groups in total. The molecule has 0 fully saturated rings. The van der Waals surface area contributed by atoms with Gasteiger partial charge in [-0.25, -0.2) is 4.99 Å². The van der Waals surface area contributed by atoms with Gasteiger partial charge in [-0.2, -0.15) is 0 Å². The van der Waals surface area contributed by atoms with Gasteiger partial charge in [0, 0.05) is 32.9 Å². The minimum Gasteiger partial charge on any atom is -0.484 e. The van der Waals surface area contributed by atoms with Crippen LogP contribution >= 0.6 is 24.0 Å². The fourth-order valence-corrected chi connectivity index (χ4v) is 3.13. The first-order valence-electron chi connectivity index (χ1n) is 9.64. The number of nitrogens with one attached hydrogen (secondary N) is 1. The molecule has 0 unspecified atom stereocenters. The Morgan fingerprint density at radius 2 is 2.00 bits per heavy atom. The highest BCUT2D eigenvalue weighted by atomic mass is 127. The van der Waals surface area contributed by atoms with Crippen LogP contribution in [0.5, 0.6) is 5.75 Å². The Bertz CT molecular complexity index is 854. The van der Waals surface area contributed by atoms with Crippen LogP contribution in [-0.4, -0.2) is 50.6 Å². The summed E-state index contributed by atoms with van der Waals surface area (Å²) >= 11 is 0. The van der Waals surface area contributed by atoms with E-state index in [4.69, 9.17) is 9.73 Å². The molecule has 29 heavy (non-hydrogen) atoms. The van der Waals surface area contributed by atoms with E-state index in [2.05, 4.69) is 41.4 Å². The first-order valence-corrected chi connectivity index (χ1v) is 9.64. The number of hydrogen-bond acceptors (Lipinski definition) is 3. The van der Waals surface area contributed by atoms with Crippen LogP contribution in [0, 0.1) is 0 Å². The number of anilines is 1. The van der Waals surface area contributed by atoms with E-state index in [1.807, 2.05) is 24.3 Å². The number of benzene rings is 2. The summed E-state index contributed by atoms with van der Waals surface area (Å²) in [5.41, 5.74) is 3.62. The number of halogens is 1. The van der Waals surface area contributed by atoms with Crippen LogP contribution < -0.4 is 15.0 Å². The molecule has 2 aromatic rings. The van der Waals surface area contributed by atoms with Crippen LogP contribution in [0.4, 0.5) is 5.69 Å². The third kappa shape index (κ3) is 6.09. The minimum absolute atomic E-state index is 0. The molecule has 0 bridgehead atoms.